The van der Waals surface area contributed by atoms with Gasteiger partial charge < -0.3 is 5.32 Å². The standard InChI is InChI=1S/C10H21NO2S/c1-10(2,3)11-6-4-9-5-7-14(12,13)8-9/h9,11H,4-8H2,1-3H3. The van der Waals surface area contributed by atoms with Gasteiger partial charge in [-0.1, -0.05) is 0 Å². The Balaban J connectivity index is 2.22. The highest BCUT2D eigenvalue weighted by Crippen LogP contribution is 2.21. The summed E-state index contributed by atoms with van der Waals surface area (Å²) in [5.41, 5.74) is 0.136. The van der Waals surface area contributed by atoms with Crippen LogP contribution in [0.1, 0.15) is 33.6 Å². The zero-order chi connectivity index (χ0) is 10.8. The number of hydrogen-bond donors (Lipinski definition) is 1. The molecule has 0 amide bonds. The second-order valence-corrected chi connectivity index (χ2v) is 7.46. The van der Waals surface area contributed by atoms with Gasteiger partial charge in [-0.25, -0.2) is 8.42 Å². The molecule has 1 fully saturated rings. The number of nitrogens with one attached hydrogen (secondary N) is 1. The number of sulfone groups is 1. The van der Waals surface area contributed by atoms with Gasteiger partial charge in [-0.2, -0.15) is 0 Å². The lowest BCUT2D eigenvalue weighted by atomic mass is 10.0. The van der Waals surface area contributed by atoms with Crippen molar-refractivity contribution in [3.63, 3.8) is 0 Å². The summed E-state index contributed by atoms with van der Waals surface area (Å²) < 4.78 is 22.4. The van der Waals surface area contributed by atoms with Crippen LogP contribution < -0.4 is 5.32 Å². The monoisotopic (exact) mass is 219 g/mol. The Bertz CT molecular complexity index is 277. The Morgan fingerprint density at radius 1 is 1.36 bits per heavy atom. The predicted octanol–water partition coefficient (Wildman–Crippen LogP) is 1.20. The van der Waals surface area contributed by atoms with Crippen LogP contribution in [-0.4, -0.2) is 32.0 Å². The second kappa shape index (κ2) is 4.19. The lowest BCUT2D eigenvalue weighted by Gasteiger charge is -2.21. The molecule has 3 nitrogen and oxygen atoms in total. The van der Waals surface area contributed by atoms with E-state index in [4.69, 9.17) is 0 Å². The Kier molecular flexibility index (Phi) is 3.58. The topological polar surface area (TPSA) is 46.2 Å². The average Bonchev–Trinajstić information content (AvgIpc) is 2.27. The molecule has 1 N–H and O–H groups in total. The minimum Gasteiger partial charge on any atom is -0.312 e. The van der Waals surface area contributed by atoms with Gasteiger partial charge in [-0.15, -0.1) is 0 Å². The van der Waals surface area contributed by atoms with E-state index in [2.05, 4.69) is 26.1 Å². The molecule has 4 heteroatoms. The van der Waals surface area contributed by atoms with E-state index in [9.17, 15) is 8.42 Å². The van der Waals surface area contributed by atoms with Crippen LogP contribution in [0, 0.1) is 5.92 Å². The van der Waals surface area contributed by atoms with Crippen molar-refractivity contribution in [3.8, 4) is 0 Å². The Morgan fingerprint density at radius 2 is 2.00 bits per heavy atom. The van der Waals surface area contributed by atoms with Crippen LogP contribution in [0.4, 0.5) is 0 Å². The molecule has 1 unspecified atom stereocenters. The van der Waals surface area contributed by atoms with Crippen molar-refractivity contribution in [1.29, 1.82) is 0 Å². The van der Waals surface area contributed by atoms with Gasteiger partial charge in [0.15, 0.2) is 9.84 Å². The van der Waals surface area contributed by atoms with Crippen molar-refractivity contribution in [2.24, 2.45) is 5.92 Å². The molecule has 1 atom stereocenters. The highest BCUT2D eigenvalue weighted by atomic mass is 32.2. The minimum atomic E-state index is -2.69. The van der Waals surface area contributed by atoms with Crippen molar-refractivity contribution in [2.45, 2.75) is 39.2 Å². The predicted molar refractivity (Wildman–Crippen MR) is 59.1 cm³/mol. The average molecular weight is 219 g/mol. The summed E-state index contributed by atoms with van der Waals surface area (Å²) in [6.45, 7) is 7.29. The van der Waals surface area contributed by atoms with E-state index in [0.29, 0.717) is 17.4 Å². The lowest BCUT2D eigenvalue weighted by Crippen LogP contribution is -2.37. The highest BCUT2D eigenvalue weighted by Gasteiger charge is 2.27. The molecule has 0 aliphatic carbocycles. The van der Waals surface area contributed by atoms with Crippen molar-refractivity contribution in [1.82, 2.24) is 5.32 Å². The van der Waals surface area contributed by atoms with Crippen molar-refractivity contribution >= 4 is 9.84 Å². The van der Waals surface area contributed by atoms with Crippen molar-refractivity contribution in [3.05, 3.63) is 0 Å². The van der Waals surface area contributed by atoms with E-state index >= 15 is 0 Å². The molecule has 0 saturated carbocycles. The maximum absolute atomic E-state index is 11.2. The van der Waals surface area contributed by atoms with Crippen LogP contribution in [0.2, 0.25) is 0 Å². The summed E-state index contributed by atoms with van der Waals surface area (Å²) in [5, 5.41) is 3.38. The summed E-state index contributed by atoms with van der Waals surface area (Å²) in [6.07, 6.45) is 1.84. The fourth-order valence-electron chi connectivity index (χ4n) is 1.75. The van der Waals surface area contributed by atoms with Crippen LogP contribution in [0.15, 0.2) is 0 Å². The van der Waals surface area contributed by atoms with E-state index in [1.165, 1.54) is 0 Å². The minimum absolute atomic E-state index is 0.136. The van der Waals surface area contributed by atoms with Gasteiger partial charge in [0, 0.05) is 5.54 Å². The maximum Gasteiger partial charge on any atom is 0.150 e. The lowest BCUT2D eigenvalue weighted by molar-refractivity contribution is 0.396. The summed E-state index contributed by atoms with van der Waals surface area (Å²) >= 11 is 0. The van der Waals surface area contributed by atoms with Crippen molar-refractivity contribution < 1.29 is 8.42 Å². The first-order chi connectivity index (χ1) is 6.29. The van der Waals surface area contributed by atoms with E-state index in [1.807, 2.05) is 0 Å². The third-order valence-electron chi connectivity index (χ3n) is 2.53. The molecule has 0 bridgehead atoms. The van der Waals surface area contributed by atoms with Crippen LogP contribution in [-0.2, 0) is 9.84 Å². The van der Waals surface area contributed by atoms with Gasteiger partial charge in [0.2, 0.25) is 0 Å². The molecule has 1 saturated heterocycles. The molecule has 1 aliphatic heterocycles. The van der Waals surface area contributed by atoms with Gasteiger partial charge in [0.05, 0.1) is 11.5 Å². The van der Waals surface area contributed by atoms with Gasteiger partial charge in [0.1, 0.15) is 0 Å². The first-order valence-electron chi connectivity index (χ1n) is 5.24. The first kappa shape index (κ1) is 12.0. The van der Waals surface area contributed by atoms with E-state index in [1.54, 1.807) is 0 Å². The molecular formula is C10H21NO2S. The molecule has 1 rings (SSSR count). The molecular weight excluding hydrogens is 198 g/mol. The summed E-state index contributed by atoms with van der Waals surface area (Å²) in [5.74, 6) is 1.18. The van der Waals surface area contributed by atoms with Crippen LogP contribution in [0.5, 0.6) is 0 Å². The number of rotatable bonds is 3. The molecule has 0 aromatic heterocycles. The zero-order valence-corrected chi connectivity index (χ0v) is 10.2. The molecule has 0 radical (unpaired) electrons. The normalized spacial score (nSPS) is 26.6. The Hall–Kier alpha value is -0.0900. The summed E-state index contributed by atoms with van der Waals surface area (Å²) in [7, 11) is -2.69. The molecule has 14 heavy (non-hydrogen) atoms. The third kappa shape index (κ3) is 4.42. The van der Waals surface area contributed by atoms with Crippen LogP contribution in [0.25, 0.3) is 0 Å². The third-order valence-corrected chi connectivity index (χ3v) is 4.37. The number of hydrogen-bond acceptors (Lipinski definition) is 3. The summed E-state index contributed by atoms with van der Waals surface area (Å²) in [6, 6.07) is 0. The van der Waals surface area contributed by atoms with Gasteiger partial charge in [0.25, 0.3) is 0 Å². The fraction of sp³-hybridized carbons (Fsp3) is 1.00. The van der Waals surface area contributed by atoms with Gasteiger partial charge in [-0.3, -0.25) is 0 Å². The Labute approximate surface area is 87.2 Å². The summed E-state index contributed by atoms with van der Waals surface area (Å²) in [4.78, 5) is 0. The quantitative estimate of drug-likeness (QED) is 0.776. The Morgan fingerprint density at radius 3 is 2.43 bits per heavy atom. The molecule has 1 heterocycles. The molecule has 1 aliphatic rings. The largest absolute Gasteiger partial charge is 0.312 e. The van der Waals surface area contributed by atoms with Crippen molar-refractivity contribution in [2.75, 3.05) is 18.1 Å². The van der Waals surface area contributed by atoms with Gasteiger partial charge in [-0.05, 0) is 46.1 Å². The SMILES string of the molecule is CC(C)(C)NCCC1CCS(=O)(=O)C1. The van der Waals surface area contributed by atoms with Gasteiger partial charge >= 0.3 is 0 Å². The molecule has 0 aromatic carbocycles. The van der Waals surface area contributed by atoms with E-state index in [-0.39, 0.29) is 5.54 Å². The molecule has 0 spiro atoms. The van der Waals surface area contributed by atoms with Crippen LogP contribution >= 0.6 is 0 Å². The zero-order valence-electron chi connectivity index (χ0n) is 9.34. The second-order valence-electron chi connectivity index (χ2n) is 5.23. The maximum atomic E-state index is 11.2. The fourth-order valence-corrected chi connectivity index (χ4v) is 3.66. The highest BCUT2D eigenvalue weighted by molar-refractivity contribution is 7.91. The smallest absolute Gasteiger partial charge is 0.150 e. The first-order valence-corrected chi connectivity index (χ1v) is 7.06. The molecule has 84 valence electrons. The van der Waals surface area contributed by atoms with E-state index < -0.39 is 9.84 Å². The van der Waals surface area contributed by atoms with E-state index in [0.717, 1.165) is 19.4 Å². The molecule has 0 aromatic rings. The van der Waals surface area contributed by atoms with Crippen LogP contribution in [0.3, 0.4) is 0 Å².